The molecule has 0 aliphatic heterocycles. The number of ether oxygens (including phenoxy) is 1. The Morgan fingerprint density at radius 3 is 2.56 bits per heavy atom. The zero-order valence-corrected chi connectivity index (χ0v) is 9.81. The van der Waals surface area contributed by atoms with Crippen LogP contribution in [0.4, 0.5) is 0 Å². The maximum absolute atomic E-state index is 11.6. The third kappa shape index (κ3) is 5.67. The van der Waals surface area contributed by atoms with Gasteiger partial charge in [-0.3, -0.25) is 9.59 Å². The lowest BCUT2D eigenvalue weighted by Gasteiger charge is -2.22. The second kappa shape index (κ2) is 8.06. The number of hydrogen-bond acceptors (Lipinski definition) is 4. The van der Waals surface area contributed by atoms with E-state index >= 15 is 0 Å². The van der Waals surface area contributed by atoms with Crippen molar-refractivity contribution in [3.05, 3.63) is 0 Å². The number of likely N-dealkylation sites (N-methyl/N-ethyl adjacent to an activating group) is 1. The number of carbonyl (C=O) groups is 2. The zero-order valence-electron chi connectivity index (χ0n) is 9.81. The van der Waals surface area contributed by atoms with Crippen molar-refractivity contribution >= 4 is 11.9 Å². The van der Waals surface area contributed by atoms with Crippen LogP contribution >= 0.6 is 0 Å². The largest absolute Gasteiger partial charge is 0.481 e. The molecule has 0 aromatic carbocycles. The third-order valence-corrected chi connectivity index (χ3v) is 2.14. The average Bonchev–Trinajstić information content (AvgIpc) is 2.25. The summed E-state index contributed by atoms with van der Waals surface area (Å²) in [4.78, 5) is 23.7. The van der Waals surface area contributed by atoms with Crippen LogP contribution in [0.25, 0.3) is 0 Å². The van der Waals surface area contributed by atoms with Gasteiger partial charge in [0, 0.05) is 19.6 Å². The molecule has 16 heavy (non-hydrogen) atoms. The van der Waals surface area contributed by atoms with E-state index in [2.05, 4.69) is 0 Å². The Hall–Kier alpha value is -1.14. The van der Waals surface area contributed by atoms with Crippen LogP contribution in [-0.4, -0.2) is 54.7 Å². The molecule has 0 aliphatic rings. The molecule has 0 spiro atoms. The molecule has 0 aliphatic carbocycles. The van der Waals surface area contributed by atoms with Crippen molar-refractivity contribution in [2.45, 2.75) is 13.8 Å². The van der Waals surface area contributed by atoms with Crippen LogP contribution in [0.3, 0.4) is 0 Å². The molecule has 0 heterocycles. The molecule has 0 rings (SSSR count). The molecule has 0 saturated heterocycles. The molecule has 0 saturated carbocycles. The van der Waals surface area contributed by atoms with E-state index < -0.39 is 11.9 Å². The van der Waals surface area contributed by atoms with Gasteiger partial charge in [0.05, 0.1) is 12.5 Å². The summed E-state index contributed by atoms with van der Waals surface area (Å²) in [5.41, 5.74) is 5.22. The first-order valence-electron chi connectivity index (χ1n) is 5.31. The number of carboxylic acid groups (broad SMARTS) is 1. The highest BCUT2D eigenvalue weighted by atomic mass is 16.5. The number of amides is 1. The standard InChI is InChI=1S/C10H20N2O4/c1-3-12(6-8(2)10(14)15)9(13)7-16-5-4-11/h8H,3-7,11H2,1-2H3,(H,14,15). The van der Waals surface area contributed by atoms with Crippen molar-refractivity contribution in [2.24, 2.45) is 11.7 Å². The molecular weight excluding hydrogens is 212 g/mol. The molecule has 0 aromatic heterocycles. The summed E-state index contributed by atoms with van der Waals surface area (Å²) >= 11 is 0. The van der Waals surface area contributed by atoms with Crippen LogP contribution in [0.5, 0.6) is 0 Å². The van der Waals surface area contributed by atoms with E-state index in [1.165, 1.54) is 4.90 Å². The normalized spacial score (nSPS) is 12.2. The molecule has 6 heteroatoms. The minimum Gasteiger partial charge on any atom is -0.481 e. The average molecular weight is 232 g/mol. The molecule has 3 N–H and O–H groups in total. The summed E-state index contributed by atoms with van der Waals surface area (Å²) in [7, 11) is 0. The van der Waals surface area contributed by atoms with Gasteiger partial charge in [0.1, 0.15) is 6.61 Å². The number of hydrogen-bond donors (Lipinski definition) is 2. The van der Waals surface area contributed by atoms with Crippen LogP contribution in [0.1, 0.15) is 13.8 Å². The van der Waals surface area contributed by atoms with Crippen molar-refractivity contribution in [1.82, 2.24) is 4.90 Å². The Morgan fingerprint density at radius 1 is 1.50 bits per heavy atom. The van der Waals surface area contributed by atoms with E-state index in [-0.39, 0.29) is 19.1 Å². The molecule has 0 aromatic rings. The van der Waals surface area contributed by atoms with Crippen LogP contribution in [0.2, 0.25) is 0 Å². The molecule has 1 amide bonds. The van der Waals surface area contributed by atoms with Gasteiger partial charge in [-0.05, 0) is 6.92 Å². The van der Waals surface area contributed by atoms with E-state index in [1.807, 2.05) is 0 Å². The first-order valence-corrected chi connectivity index (χ1v) is 5.31. The van der Waals surface area contributed by atoms with Gasteiger partial charge >= 0.3 is 5.97 Å². The Balaban J connectivity index is 4.06. The highest BCUT2D eigenvalue weighted by Crippen LogP contribution is 2.01. The minimum absolute atomic E-state index is 0.0443. The summed E-state index contributed by atoms with van der Waals surface area (Å²) in [5, 5.41) is 8.74. The Bertz CT molecular complexity index is 233. The monoisotopic (exact) mass is 232 g/mol. The lowest BCUT2D eigenvalue weighted by Crippen LogP contribution is -2.39. The van der Waals surface area contributed by atoms with Gasteiger partial charge in [-0.25, -0.2) is 0 Å². The Labute approximate surface area is 95.4 Å². The van der Waals surface area contributed by atoms with Crippen molar-refractivity contribution in [3.63, 3.8) is 0 Å². The highest BCUT2D eigenvalue weighted by Gasteiger charge is 2.18. The minimum atomic E-state index is -0.908. The number of carbonyl (C=O) groups excluding carboxylic acids is 1. The van der Waals surface area contributed by atoms with Gasteiger partial charge in [-0.1, -0.05) is 6.92 Å². The maximum atomic E-state index is 11.6. The van der Waals surface area contributed by atoms with Gasteiger partial charge in [-0.15, -0.1) is 0 Å². The summed E-state index contributed by atoms with van der Waals surface area (Å²) in [6.07, 6.45) is 0. The Kier molecular flexibility index (Phi) is 7.49. The molecule has 1 unspecified atom stereocenters. The lowest BCUT2D eigenvalue weighted by molar-refractivity contribution is -0.144. The number of rotatable bonds is 8. The topological polar surface area (TPSA) is 92.9 Å². The second-order valence-corrected chi connectivity index (χ2v) is 3.51. The van der Waals surface area contributed by atoms with Crippen molar-refractivity contribution in [1.29, 1.82) is 0 Å². The van der Waals surface area contributed by atoms with Gasteiger partial charge in [-0.2, -0.15) is 0 Å². The summed E-state index contributed by atoms with van der Waals surface area (Å²) in [6.45, 7) is 4.70. The molecule has 94 valence electrons. The predicted molar refractivity (Wildman–Crippen MR) is 58.9 cm³/mol. The van der Waals surface area contributed by atoms with Gasteiger partial charge in [0.2, 0.25) is 5.91 Å². The molecular formula is C10H20N2O4. The molecule has 0 radical (unpaired) electrons. The fraction of sp³-hybridized carbons (Fsp3) is 0.800. The van der Waals surface area contributed by atoms with E-state index in [0.717, 1.165) is 0 Å². The highest BCUT2D eigenvalue weighted by molar-refractivity contribution is 5.78. The second-order valence-electron chi connectivity index (χ2n) is 3.51. The fourth-order valence-corrected chi connectivity index (χ4v) is 1.15. The quantitative estimate of drug-likeness (QED) is 0.552. The fourth-order valence-electron chi connectivity index (χ4n) is 1.15. The third-order valence-electron chi connectivity index (χ3n) is 2.14. The molecule has 0 fully saturated rings. The number of carboxylic acids is 1. The smallest absolute Gasteiger partial charge is 0.308 e. The van der Waals surface area contributed by atoms with Crippen molar-refractivity contribution in [3.8, 4) is 0 Å². The van der Waals surface area contributed by atoms with E-state index in [4.69, 9.17) is 15.6 Å². The summed E-state index contributed by atoms with van der Waals surface area (Å²) < 4.78 is 5.01. The first-order chi connectivity index (χ1) is 7.52. The van der Waals surface area contributed by atoms with Gasteiger partial charge in [0.15, 0.2) is 0 Å². The number of nitrogens with zero attached hydrogens (tertiary/aromatic N) is 1. The summed E-state index contributed by atoms with van der Waals surface area (Å²) in [6, 6.07) is 0. The van der Waals surface area contributed by atoms with Crippen LogP contribution in [0, 0.1) is 5.92 Å². The van der Waals surface area contributed by atoms with Gasteiger partial charge < -0.3 is 20.5 Å². The number of nitrogens with two attached hydrogens (primary N) is 1. The van der Waals surface area contributed by atoms with Crippen LogP contribution in [-0.2, 0) is 14.3 Å². The maximum Gasteiger partial charge on any atom is 0.308 e. The van der Waals surface area contributed by atoms with Crippen molar-refractivity contribution < 1.29 is 19.4 Å². The summed E-state index contributed by atoms with van der Waals surface area (Å²) in [5.74, 6) is -1.68. The molecule has 1 atom stereocenters. The van der Waals surface area contributed by atoms with E-state index in [1.54, 1.807) is 13.8 Å². The number of aliphatic carboxylic acids is 1. The lowest BCUT2D eigenvalue weighted by atomic mass is 10.1. The van der Waals surface area contributed by atoms with Gasteiger partial charge in [0.25, 0.3) is 0 Å². The SMILES string of the molecule is CCN(CC(C)C(=O)O)C(=O)COCCN. The van der Waals surface area contributed by atoms with Crippen LogP contribution < -0.4 is 5.73 Å². The van der Waals surface area contributed by atoms with E-state index in [9.17, 15) is 9.59 Å². The zero-order chi connectivity index (χ0) is 12.6. The van der Waals surface area contributed by atoms with Crippen LogP contribution in [0.15, 0.2) is 0 Å². The first kappa shape index (κ1) is 14.9. The van der Waals surface area contributed by atoms with Crippen molar-refractivity contribution in [2.75, 3.05) is 32.8 Å². The van der Waals surface area contributed by atoms with E-state index in [0.29, 0.717) is 19.7 Å². The molecule has 0 bridgehead atoms. The predicted octanol–water partition coefficient (Wildman–Crippen LogP) is -0.469. The Morgan fingerprint density at radius 2 is 2.12 bits per heavy atom. The molecule has 6 nitrogen and oxygen atoms in total.